The number of anilines is 1. The second kappa shape index (κ2) is 5.12. The maximum absolute atomic E-state index is 2.59. The van der Waals surface area contributed by atoms with Crippen LogP contribution in [0.3, 0.4) is 0 Å². The molecule has 23 heavy (non-hydrogen) atoms. The predicted molar refractivity (Wildman–Crippen MR) is 96.1 cm³/mol. The summed E-state index contributed by atoms with van der Waals surface area (Å²) in [4.78, 5) is 2.59. The van der Waals surface area contributed by atoms with Gasteiger partial charge in [-0.15, -0.1) is 0 Å². The standard InChI is InChI=1S/C22H25N/c1-23-21-9-5-4-8-19(21)20-11-10-17-12-15-6-2-3-7-16(15)13-18(17)14-22(20)23/h2-9,17-18,20,22H,10-14H2,1H3/t17-,18?,20+,22+/m1/s1. The van der Waals surface area contributed by atoms with Gasteiger partial charge in [-0.05, 0) is 66.7 Å². The van der Waals surface area contributed by atoms with Crippen molar-refractivity contribution in [3.8, 4) is 0 Å². The number of fused-ring (bicyclic) bond motifs is 5. The first-order valence-corrected chi connectivity index (χ1v) is 9.20. The molecule has 5 rings (SSSR count). The van der Waals surface area contributed by atoms with Crippen LogP contribution in [-0.4, -0.2) is 13.1 Å². The molecule has 1 saturated carbocycles. The van der Waals surface area contributed by atoms with E-state index in [-0.39, 0.29) is 0 Å². The Morgan fingerprint density at radius 3 is 2.35 bits per heavy atom. The van der Waals surface area contributed by atoms with E-state index >= 15 is 0 Å². The summed E-state index contributed by atoms with van der Waals surface area (Å²) in [6.07, 6.45) is 6.76. The highest BCUT2D eigenvalue weighted by atomic mass is 15.2. The SMILES string of the molecule is CN1c2ccccc2[C@@H]2CC[C@@H]3Cc4ccccc4CC3C[C@@H]21. The summed E-state index contributed by atoms with van der Waals surface area (Å²) in [5, 5.41) is 0. The van der Waals surface area contributed by atoms with Crippen LogP contribution < -0.4 is 4.90 Å². The van der Waals surface area contributed by atoms with Crippen LogP contribution in [0.5, 0.6) is 0 Å². The van der Waals surface area contributed by atoms with Gasteiger partial charge in [0.05, 0.1) is 0 Å². The van der Waals surface area contributed by atoms with Crippen molar-refractivity contribution in [1.29, 1.82) is 0 Å². The van der Waals surface area contributed by atoms with E-state index < -0.39 is 0 Å². The minimum Gasteiger partial charge on any atom is -0.371 e. The number of likely N-dealkylation sites (N-methyl/N-ethyl adjacent to an activating group) is 1. The number of hydrogen-bond acceptors (Lipinski definition) is 1. The van der Waals surface area contributed by atoms with Crippen LogP contribution in [0.1, 0.15) is 41.9 Å². The molecule has 4 atom stereocenters. The van der Waals surface area contributed by atoms with Gasteiger partial charge >= 0.3 is 0 Å². The van der Waals surface area contributed by atoms with Gasteiger partial charge in [0.25, 0.3) is 0 Å². The Hall–Kier alpha value is -1.76. The summed E-state index contributed by atoms with van der Waals surface area (Å²) in [7, 11) is 2.32. The Kier molecular flexibility index (Phi) is 3.04. The first-order valence-electron chi connectivity index (χ1n) is 9.20. The van der Waals surface area contributed by atoms with Gasteiger partial charge in [-0.1, -0.05) is 42.5 Å². The maximum atomic E-state index is 2.59. The molecule has 2 aliphatic carbocycles. The molecule has 3 aliphatic rings. The number of benzene rings is 2. The largest absolute Gasteiger partial charge is 0.371 e. The molecular formula is C22H25N. The van der Waals surface area contributed by atoms with Crippen LogP contribution >= 0.6 is 0 Å². The van der Waals surface area contributed by atoms with Crippen molar-refractivity contribution in [1.82, 2.24) is 0 Å². The molecule has 1 heterocycles. The van der Waals surface area contributed by atoms with E-state index in [9.17, 15) is 0 Å². The van der Waals surface area contributed by atoms with Crippen molar-refractivity contribution in [2.75, 3.05) is 11.9 Å². The number of para-hydroxylation sites is 1. The zero-order valence-corrected chi connectivity index (χ0v) is 13.9. The fourth-order valence-corrected chi connectivity index (χ4v) is 5.62. The summed E-state index contributed by atoms with van der Waals surface area (Å²) in [5.41, 5.74) is 6.33. The Morgan fingerprint density at radius 2 is 1.52 bits per heavy atom. The topological polar surface area (TPSA) is 3.24 Å². The quantitative estimate of drug-likeness (QED) is 0.675. The van der Waals surface area contributed by atoms with E-state index in [1.54, 1.807) is 16.7 Å². The molecule has 0 amide bonds. The summed E-state index contributed by atoms with van der Waals surface area (Å²) < 4.78 is 0. The van der Waals surface area contributed by atoms with Gasteiger partial charge in [-0.25, -0.2) is 0 Å². The predicted octanol–water partition coefficient (Wildman–Crippen LogP) is 4.80. The van der Waals surface area contributed by atoms with Crippen LogP contribution in [0, 0.1) is 11.8 Å². The van der Waals surface area contributed by atoms with Gasteiger partial charge in [0.15, 0.2) is 0 Å². The van der Waals surface area contributed by atoms with E-state index in [1.165, 1.54) is 37.8 Å². The smallest absolute Gasteiger partial charge is 0.0402 e. The number of nitrogens with zero attached hydrogens (tertiary/aromatic N) is 1. The highest BCUT2D eigenvalue weighted by Crippen LogP contribution is 2.50. The van der Waals surface area contributed by atoms with Gasteiger partial charge in [-0.3, -0.25) is 0 Å². The molecule has 118 valence electrons. The van der Waals surface area contributed by atoms with Crippen molar-refractivity contribution < 1.29 is 0 Å². The molecule has 1 heteroatoms. The van der Waals surface area contributed by atoms with Crippen LogP contribution in [0.15, 0.2) is 48.5 Å². The first-order chi connectivity index (χ1) is 11.3. The van der Waals surface area contributed by atoms with Gasteiger partial charge in [0, 0.05) is 24.7 Å². The Labute approximate surface area is 139 Å². The highest BCUT2D eigenvalue weighted by Gasteiger charge is 2.42. The molecule has 1 fully saturated rings. The van der Waals surface area contributed by atoms with Crippen LogP contribution in [0.4, 0.5) is 5.69 Å². The second-order valence-electron chi connectivity index (χ2n) is 7.85. The lowest BCUT2D eigenvalue weighted by molar-refractivity contribution is 0.283. The van der Waals surface area contributed by atoms with Crippen LogP contribution in [0.25, 0.3) is 0 Å². The third kappa shape index (κ3) is 2.06. The second-order valence-corrected chi connectivity index (χ2v) is 7.85. The molecule has 2 aromatic carbocycles. The average molecular weight is 303 g/mol. The molecule has 0 spiro atoms. The summed E-state index contributed by atoms with van der Waals surface area (Å²) in [5.74, 6) is 2.53. The molecule has 0 radical (unpaired) electrons. The molecule has 0 N–H and O–H groups in total. The van der Waals surface area contributed by atoms with Crippen molar-refractivity contribution in [2.24, 2.45) is 11.8 Å². The third-order valence-corrected chi connectivity index (χ3v) is 6.82. The van der Waals surface area contributed by atoms with Crippen molar-refractivity contribution in [3.63, 3.8) is 0 Å². The lowest BCUT2D eigenvalue weighted by atomic mass is 9.73. The first kappa shape index (κ1) is 13.7. The van der Waals surface area contributed by atoms with Gasteiger partial charge in [0.2, 0.25) is 0 Å². The molecule has 0 saturated heterocycles. The molecule has 1 aliphatic heterocycles. The number of rotatable bonds is 0. The van der Waals surface area contributed by atoms with Crippen LogP contribution in [0.2, 0.25) is 0 Å². The van der Waals surface area contributed by atoms with E-state index in [1.807, 2.05) is 0 Å². The number of hydrogen-bond donors (Lipinski definition) is 0. The average Bonchev–Trinajstić information content (AvgIpc) is 2.74. The molecule has 1 unspecified atom stereocenters. The third-order valence-electron chi connectivity index (χ3n) is 6.82. The molecule has 1 nitrogen and oxygen atoms in total. The Bertz CT molecular complexity index is 734. The highest BCUT2D eigenvalue weighted by molar-refractivity contribution is 5.61. The molecular weight excluding hydrogens is 278 g/mol. The van der Waals surface area contributed by atoms with E-state index in [2.05, 4.69) is 60.5 Å². The lowest BCUT2D eigenvalue weighted by Gasteiger charge is -2.34. The zero-order chi connectivity index (χ0) is 15.4. The van der Waals surface area contributed by atoms with Gasteiger partial charge < -0.3 is 4.90 Å². The van der Waals surface area contributed by atoms with E-state index in [0.29, 0.717) is 6.04 Å². The monoisotopic (exact) mass is 303 g/mol. The summed E-state index contributed by atoms with van der Waals surface area (Å²) in [6, 6.07) is 19.0. The fraction of sp³-hybridized carbons (Fsp3) is 0.455. The zero-order valence-electron chi connectivity index (χ0n) is 13.9. The van der Waals surface area contributed by atoms with E-state index in [4.69, 9.17) is 0 Å². The molecule has 0 bridgehead atoms. The normalized spacial score (nSPS) is 31.6. The fourth-order valence-electron chi connectivity index (χ4n) is 5.62. The lowest BCUT2D eigenvalue weighted by Crippen LogP contribution is -2.34. The van der Waals surface area contributed by atoms with Crippen molar-refractivity contribution in [2.45, 2.75) is 44.1 Å². The summed E-state index contributed by atoms with van der Waals surface area (Å²) >= 11 is 0. The maximum Gasteiger partial charge on any atom is 0.0402 e. The Morgan fingerprint density at radius 1 is 0.826 bits per heavy atom. The van der Waals surface area contributed by atoms with Gasteiger partial charge in [0.1, 0.15) is 0 Å². The van der Waals surface area contributed by atoms with Crippen molar-refractivity contribution >= 4 is 5.69 Å². The van der Waals surface area contributed by atoms with Gasteiger partial charge in [-0.2, -0.15) is 0 Å². The summed E-state index contributed by atoms with van der Waals surface area (Å²) in [6.45, 7) is 0. The van der Waals surface area contributed by atoms with Crippen molar-refractivity contribution in [3.05, 3.63) is 65.2 Å². The Balaban J connectivity index is 1.48. The van der Waals surface area contributed by atoms with Crippen LogP contribution in [-0.2, 0) is 12.8 Å². The minimum absolute atomic E-state index is 0.715. The minimum atomic E-state index is 0.715. The molecule has 2 aromatic rings. The molecule has 0 aromatic heterocycles. The van der Waals surface area contributed by atoms with E-state index in [0.717, 1.165) is 17.8 Å².